The van der Waals surface area contributed by atoms with E-state index in [9.17, 15) is 0 Å². The van der Waals surface area contributed by atoms with Crippen molar-refractivity contribution in [3.63, 3.8) is 0 Å². The van der Waals surface area contributed by atoms with Gasteiger partial charge in [-0.3, -0.25) is 0 Å². The average molecular weight is 180 g/mol. The first-order valence-corrected chi connectivity index (χ1v) is 4.22. The summed E-state index contributed by atoms with van der Waals surface area (Å²) in [6.07, 6.45) is 0. The Bertz CT molecular complexity index is 323. The van der Waals surface area contributed by atoms with E-state index in [1.165, 1.54) is 0 Å². The highest BCUT2D eigenvalue weighted by atomic mass is 35.5. The van der Waals surface area contributed by atoms with Gasteiger partial charge in [0.25, 0.3) is 0 Å². The maximum Gasteiger partial charge on any atom is 0.0991 e. The van der Waals surface area contributed by atoms with Crippen molar-refractivity contribution in [3.05, 3.63) is 34.3 Å². The second-order valence-corrected chi connectivity index (χ2v) is 3.41. The molecule has 1 nitrogen and oxygen atoms in total. The van der Waals surface area contributed by atoms with Crippen LogP contribution in [0.1, 0.15) is 30.9 Å². The largest absolute Gasteiger partial charge is 0.192 e. The predicted octanol–water partition coefficient (Wildman–Crippen LogP) is 3.34. The molecule has 12 heavy (non-hydrogen) atoms. The van der Waals surface area contributed by atoms with Crippen LogP contribution in [-0.2, 0) is 0 Å². The van der Waals surface area contributed by atoms with Crippen LogP contribution in [0, 0.1) is 11.3 Å². The molecule has 0 aromatic heterocycles. The Morgan fingerprint density at radius 3 is 2.58 bits per heavy atom. The second kappa shape index (κ2) is 3.60. The summed E-state index contributed by atoms with van der Waals surface area (Å²) in [6.45, 7) is 4.12. The highest BCUT2D eigenvalue weighted by Gasteiger charge is 2.05. The molecule has 1 aromatic rings. The second-order valence-electron chi connectivity index (χ2n) is 3.00. The standard InChI is InChI=1S/C10H10ClN/c1-7(2)9-5-8(6-12)3-4-10(9)11/h3-5,7H,1-2H3. The van der Waals surface area contributed by atoms with E-state index in [-0.39, 0.29) is 0 Å². The first kappa shape index (κ1) is 9.09. The first-order chi connectivity index (χ1) is 5.65. The lowest BCUT2D eigenvalue weighted by Gasteiger charge is -2.07. The lowest BCUT2D eigenvalue weighted by Crippen LogP contribution is -1.89. The van der Waals surface area contributed by atoms with Gasteiger partial charge in [0.2, 0.25) is 0 Å². The van der Waals surface area contributed by atoms with Gasteiger partial charge in [-0.2, -0.15) is 5.26 Å². The molecule has 0 atom stereocenters. The van der Waals surface area contributed by atoms with Gasteiger partial charge in [0.05, 0.1) is 11.6 Å². The maximum absolute atomic E-state index is 8.64. The Morgan fingerprint density at radius 1 is 1.42 bits per heavy atom. The molecule has 0 aliphatic rings. The molecule has 0 radical (unpaired) electrons. The third kappa shape index (κ3) is 1.78. The normalized spacial score (nSPS) is 9.92. The molecule has 2 heteroatoms. The highest BCUT2D eigenvalue weighted by Crippen LogP contribution is 2.24. The molecule has 0 heterocycles. The van der Waals surface area contributed by atoms with Gasteiger partial charge in [-0.25, -0.2) is 0 Å². The lowest BCUT2D eigenvalue weighted by molar-refractivity contribution is 0.866. The minimum Gasteiger partial charge on any atom is -0.192 e. The van der Waals surface area contributed by atoms with Crippen molar-refractivity contribution >= 4 is 11.6 Å². The van der Waals surface area contributed by atoms with E-state index < -0.39 is 0 Å². The number of rotatable bonds is 1. The minimum atomic E-state index is 0.366. The minimum absolute atomic E-state index is 0.366. The molecule has 0 fully saturated rings. The summed E-state index contributed by atoms with van der Waals surface area (Å²) >= 11 is 5.94. The summed E-state index contributed by atoms with van der Waals surface area (Å²) < 4.78 is 0. The van der Waals surface area contributed by atoms with E-state index in [2.05, 4.69) is 19.9 Å². The molecule has 1 rings (SSSR count). The molecule has 0 unspecified atom stereocenters. The van der Waals surface area contributed by atoms with Crippen molar-refractivity contribution in [1.29, 1.82) is 5.26 Å². The smallest absolute Gasteiger partial charge is 0.0991 e. The van der Waals surface area contributed by atoms with Gasteiger partial charge in [-0.15, -0.1) is 0 Å². The molecule has 0 spiro atoms. The molecule has 0 aliphatic heterocycles. The van der Waals surface area contributed by atoms with Gasteiger partial charge >= 0.3 is 0 Å². The molecule has 62 valence electrons. The number of nitriles is 1. The van der Waals surface area contributed by atoms with Crippen molar-refractivity contribution in [3.8, 4) is 6.07 Å². The maximum atomic E-state index is 8.64. The number of hydrogen-bond donors (Lipinski definition) is 0. The van der Waals surface area contributed by atoms with Crippen LogP contribution < -0.4 is 0 Å². The Kier molecular flexibility index (Phi) is 2.73. The van der Waals surface area contributed by atoms with Gasteiger partial charge in [0, 0.05) is 5.02 Å². The molecule has 0 aliphatic carbocycles. The zero-order valence-corrected chi connectivity index (χ0v) is 7.89. The molecule has 0 saturated carbocycles. The number of benzene rings is 1. The summed E-state index contributed by atoms with van der Waals surface area (Å²) in [6, 6.07) is 7.43. The predicted molar refractivity (Wildman–Crippen MR) is 50.3 cm³/mol. The molecule has 1 aromatic carbocycles. The fourth-order valence-electron chi connectivity index (χ4n) is 1.06. The summed E-state index contributed by atoms with van der Waals surface area (Å²) in [4.78, 5) is 0. The van der Waals surface area contributed by atoms with Gasteiger partial charge in [-0.1, -0.05) is 25.4 Å². The third-order valence-corrected chi connectivity index (χ3v) is 2.09. The van der Waals surface area contributed by atoms with Gasteiger partial charge in [-0.05, 0) is 29.7 Å². The van der Waals surface area contributed by atoms with Crippen molar-refractivity contribution in [2.45, 2.75) is 19.8 Å². The first-order valence-electron chi connectivity index (χ1n) is 3.84. The Hall–Kier alpha value is -1.000. The lowest BCUT2D eigenvalue weighted by atomic mass is 10.0. The van der Waals surface area contributed by atoms with Crippen LogP contribution >= 0.6 is 11.6 Å². The van der Waals surface area contributed by atoms with Crippen molar-refractivity contribution in [2.75, 3.05) is 0 Å². The fraction of sp³-hybridized carbons (Fsp3) is 0.300. The van der Waals surface area contributed by atoms with E-state index in [0.717, 1.165) is 10.6 Å². The van der Waals surface area contributed by atoms with Gasteiger partial charge < -0.3 is 0 Å². The van der Waals surface area contributed by atoms with Gasteiger partial charge in [0.1, 0.15) is 0 Å². The van der Waals surface area contributed by atoms with Crippen LogP contribution in [0.25, 0.3) is 0 Å². The van der Waals surface area contributed by atoms with E-state index in [0.29, 0.717) is 11.5 Å². The average Bonchev–Trinajstić information content (AvgIpc) is 2.05. The third-order valence-electron chi connectivity index (χ3n) is 1.75. The molecule has 0 amide bonds. The Morgan fingerprint density at radius 2 is 2.08 bits per heavy atom. The number of hydrogen-bond acceptors (Lipinski definition) is 1. The van der Waals surface area contributed by atoms with E-state index in [1.54, 1.807) is 12.1 Å². The van der Waals surface area contributed by atoms with Crippen LogP contribution in [0.3, 0.4) is 0 Å². The zero-order chi connectivity index (χ0) is 9.14. The van der Waals surface area contributed by atoms with Crippen LogP contribution in [0.5, 0.6) is 0 Å². The van der Waals surface area contributed by atoms with Crippen molar-refractivity contribution < 1.29 is 0 Å². The molecule has 0 N–H and O–H groups in total. The molecule has 0 saturated heterocycles. The van der Waals surface area contributed by atoms with E-state index >= 15 is 0 Å². The summed E-state index contributed by atoms with van der Waals surface area (Å²) in [7, 11) is 0. The SMILES string of the molecule is CC(C)c1cc(C#N)ccc1Cl. The van der Waals surface area contributed by atoms with Gasteiger partial charge in [0.15, 0.2) is 0 Å². The topological polar surface area (TPSA) is 23.8 Å². The fourth-order valence-corrected chi connectivity index (χ4v) is 1.39. The van der Waals surface area contributed by atoms with Crippen LogP contribution in [-0.4, -0.2) is 0 Å². The van der Waals surface area contributed by atoms with Crippen LogP contribution in [0.4, 0.5) is 0 Å². The molecular weight excluding hydrogens is 170 g/mol. The molecule has 0 bridgehead atoms. The van der Waals surface area contributed by atoms with E-state index in [1.807, 2.05) is 6.07 Å². The van der Waals surface area contributed by atoms with E-state index in [4.69, 9.17) is 16.9 Å². The number of halogens is 1. The van der Waals surface area contributed by atoms with Crippen LogP contribution in [0.15, 0.2) is 18.2 Å². The highest BCUT2D eigenvalue weighted by molar-refractivity contribution is 6.31. The van der Waals surface area contributed by atoms with Crippen LogP contribution in [0.2, 0.25) is 5.02 Å². The quantitative estimate of drug-likeness (QED) is 0.649. The van der Waals surface area contributed by atoms with Crippen molar-refractivity contribution in [2.24, 2.45) is 0 Å². The molecular formula is C10H10ClN. The zero-order valence-electron chi connectivity index (χ0n) is 7.13. The summed E-state index contributed by atoms with van der Waals surface area (Å²) in [5.74, 6) is 0.366. The number of nitrogens with zero attached hydrogens (tertiary/aromatic N) is 1. The summed E-state index contributed by atoms with van der Waals surface area (Å²) in [5, 5.41) is 9.38. The van der Waals surface area contributed by atoms with Crippen molar-refractivity contribution in [1.82, 2.24) is 0 Å². The summed E-state index contributed by atoms with van der Waals surface area (Å²) in [5.41, 5.74) is 1.71. The Labute approximate surface area is 77.6 Å². The monoisotopic (exact) mass is 179 g/mol. The Balaban J connectivity index is 3.19.